The van der Waals surface area contributed by atoms with E-state index in [-0.39, 0.29) is 12.3 Å². The summed E-state index contributed by atoms with van der Waals surface area (Å²) >= 11 is 5.81. The van der Waals surface area contributed by atoms with E-state index in [9.17, 15) is 13.6 Å². The highest BCUT2D eigenvalue weighted by Gasteiger charge is 2.30. The first-order valence-corrected chi connectivity index (χ1v) is 6.38. The summed E-state index contributed by atoms with van der Waals surface area (Å²) in [5.74, 6) is -1.04. The van der Waals surface area contributed by atoms with Crippen molar-refractivity contribution in [2.75, 3.05) is 0 Å². The highest BCUT2D eigenvalue weighted by molar-refractivity contribution is 6.30. The van der Waals surface area contributed by atoms with Gasteiger partial charge in [-0.25, -0.2) is 0 Å². The number of alkyl halides is 2. The van der Waals surface area contributed by atoms with Crippen LogP contribution in [0.2, 0.25) is 5.02 Å². The predicted octanol–water partition coefficient (Wildman–Crippen LogP) is 3.28. The van der Waals surface area contributed by atoms with Gasteiger partial charge in [-0.3, -0.25) is 10.1 Å². The molecule has 1 aromatic rings. The Hall–Kier alpha value is -1.40. The number of halogens is 3. The molecule has 112 valence electrons. The Morgan fingerprint density at radius 2 is 2.20 bits per heavy atom. The fourth-order valence-corrected chi connectivity index (χ4v) is 1.73. The van der Waals surface area contributed by atoms with Crippen LogP contribution in [-0.2, 0) is 11.3 Å². The lowest BCUT2D eigenvalue weighted by molar-refractivity contribution is -0.144. The Morgan fingerprint density at radius 1 is 1.55 bits per heavy atom. The second kappa shape index (κ2) is 6.85. The van der Waals surface area contributed by atoms with E-state index in [1.165, 1.54) is 25.1 Å². The van der Waals surface area contributed by atoms with Crippen LogP contribution < -0.4 is 10.1 Å². The summed E-state index contributed by atoms with van der Waals surface area (Å²) in [7, 11) is 0. The fraction of sp³-hybridized carbons (Fsp3) is 0.462. The number of carboxylic acid groups (broad SMARTS) is 1. The number of hydrogen-bond acceptors (Lipinski definition) is 3. The number of carbonyl (C=O) groups is 1. The first-order valence-electron chi connectivity index (χ1n) is 6.00. The van der Waals surface area contributed by atoms with Crippen molar-refractivity contribution in [3.63, 3.8) is 0 Å². The minimum absolute atomic E-state index is 0.0271. The molecule has 1 rings (SSSR count). The lowest BCUT2D eigenvalue weighted by atomic mass is 9.98. The molecule has 0 spiro atoms. The zero-order valence-corrected chi connectivity index (χ0v) is 11.9. The molecule has 0 aromatic heterocycles. The van der Waals surface area contributed by atoms with E-state index in [4.69, 9.17) is 16.7 Å². The number of ether oxygens (including phenoxy) is 1. The quantitative estimate of drug-likeness (QED) is 0.811. The Labute approximate surface area is 120 Å². The average Bonchev–Trinajstić information content (AvgIpc) is 2.37. The molecule has 1 aromatic carbocycles. The van der Waals surface area contributed by atoms with E-state index < -0.39 is 18.1 Å². The van der Waals surface area contributed by atoms with Crippen molar-refractivity contribution in [3.05, 3.63) is 28.8 Å². The van der Waals surface area contributed by atoms with Gasteiger partial charge in [-0.2, -0.15) is 8.78 Å². The minimum Gasteiger partial charge on any atom is -0.480 e. The smallest absolute Gasteiger partial charge is 0.387 e. The molecule has 0 saturated heterocycles. The van der Waals surface area contributed by atoms with Crippen molar-refractivity contribution in [1.29, 1.82) is 0 Å². The van der Waals surface area contributed by atoms with Gasteiger partial charge in [-0.05, 0) is 31.5 Å². The van der Waals surface area contributed by atoms with Gasteiger partial charge < -0.3 is 9.84 Å². The zero-order valence-electron chi connectivity index (χ0n) is 11.1. The molecule has 0 amide bonds. The van der Waals surface area contributed by atoms with E-state index in [1.807, 2.05) is 0 Å². The molecule has 0 fully saturated rings. The molecule has 0 heterocycles. The van der Waals surface area contributed by atoms with Crippen LogP contribution in [0.25, 0.3) is 0 Å². The maximum atomic E-state index is 12.3. The lowest BCUT2D eigenvalue weighted by Crippen LogP contribution is -2.48. The van der Waals surface area contributed by atoms with Gasteiger partial charge in [0, 0.05) is 17.1 Å². The summed E-state index contributed by atoms with van der Waals surface area (Å²) in [6, 6.07) is 4.22. The predicted molar refractivity (Wildman–Crippen MR) is 71.3 cm³/mol. The molecule has 0 saturated carbocycles. The normalized spacial score (nSPS) is 14.1. The molecule has 0 radical (unpaired) electrons. The number of benzene rings is 1. The molecular formula is C13H16ClF2NO3. The van der Waals surface area contributed by atoms with Gasteiger partial charge in [0.25, 0.3) is 0 Å². The summed E-state index contributed by atoms with van der Waals surface area (Å²) in [6.45, 7) is 0.342. The van der Waals surface area contributed by atoms with Crippen LogP contribution in [0.1, 0.15) is 25.8 Å². The minimum atomic E-state index is -2.95. The SMILES string of the molecule is CCC(C)(NCc1cc(Cl)ccc1OC(F)F)C(=O)O. The first kappa shape index (κ1) is 16.7. The zero-order chi connectivity index (χ0) is 15.3. The molecule has 0 aliphatic rings. The van der Waals surface area contributed by atoms with Crippen molar-refractivity contribution in [2.24, 2.45) is 0 Å². The number of nitrogens with one attached hydrogen (secondary N) is 1. The van der Waals surface area contributed by atoms with Gasteiger partial charge in [0.1, 0.15) is 11.3 Å². The molecule has 7 heteroatoms. The molecule has 2 N–H and O–H groups in total. The molecule has 1 unspecified atom stereocenters. The molecular weight excluding hydrogens is 292 g/mol. The Bertz CT molecular complexity index is 485. The summed E-state index contributed by atoms with van der Waals surface area (Å²) in [4.78, 5) is 11.2. The highest BCUT2D eigenvalue weighted by Crippen LogP contribution is 2.25. The van der Waals surface area contributed by atoms with Crippen LogP contribution in [0, 0.1) is 0 Å². The highest BCUT2D eigenvalue weighted by atomic mass is 35.5. The standard InChI is InChI=1S/C13H16ClF2NO3/c1-3-13(2,11(18)19)17-7-8-6-9(14)4-5-10(8)20-12(15)16/h4-6,12,17H,3,7H2,1-2H3,(H,18,19). The Kier molecular flexibility index (Phi) is 5.71. The van der Waals surface area contributed by atoms with Crippen LogP contribution in [0.15, 0.2) is 18.2 Å². The fourth-order valence-electron chi connectivity index (χ4n) is 1.54. The Morgan fingerprint density at radius 3 is 2.70 bits per heavy atom. The van der Waals surface area contributed by atoms with Gasteiger partial charge in [-0.1, -0.05) is 18.5 Å². The van der Waals surface area contributed by atoms with Crippen LogP contribution in [-0.4, -0.2) is 23.2 Å². The Balaban J connectivity index is 2.90. The summed E-state index contributed by atoms with van der Waals surface area (Å²) in [5.41, 5.74) is -0.775. The largest absolute Gasteiger partial charge is 0.480 e. The number of hydrogen-bond donors (Lipinski definition) is 2. The van der Waals surface area contributed by atoms with Crippen molar-refractivity contribution in [3.8, 4) is 5.75 Å². The summed E-state index contributed by atoms with van der Waals surface area (Å²) < 4.78 is 29.0. The van der Waals surface area contributed by atoms with Crippen molar-refractivity contribution in [2.45, 2.75) is 39.0 Å². The monoisotopic (exact) mass is 307 g/mol. The van der Waals surface area contributed by atoms with Gasteiger partial charge in [0.2, 0.25) is 0 Å². The molecule has 4 nitrogen and oxygen atoms in total. The van der Waals surface area contributed by atoms with Crippen LogP contribution in [0.4, 0.5) is 8.78 Å². The van der Waals surface area contributed by atoms with Gasteiger partial charge in [0.15, 0.2) is 0 Å². The van der Waals surface area contributed by atoms with E-state index in [1.54, 1.807) is 6.92 Å². The van der Waals surface area contributed by atoms with Crippen LogP contribution in [0.3, 0.4) is 0 Å². The van der Waals surface area contributed by atoms with E-state index in [2.05, 4.69) is 10.1 Å². The van der Waals surface area contributed by atoms with Gasteiger partial charge in [0.05, 0.1) is 0 Å². The summed E-state index contributed by atoms with van der Waals surface area (Å²) in [5, 5.41) is 12.3. The van der Waals surface area contributed by atoms with Crippen molar-refractivity contribution in [1.82, 2.24) is 5.32 Å². The molecule has 0 aliphatic heterocycles. The van der Waals surface area contributed by atoms with Gasteiger partial charge in [-0.15, -0.1) is 0 Å². The van der Waals surface area contributed by atoms with Gasteiger partial charge >= 0.3 is 12.6 Å². The number of aliphatic carboxylic acids is 1. The lowest BCUT2D eigenvalue weighted by Gasteiger charge is -2.25. The number of rotatable bonds is 7. The van der Waals surface area contributed by atoms with E-state index >= 15 is 0 Å². The second-order valence-corrected chi connectivity index (χ2v) is 4.91. The molecule has 0 aliphatic carbocycles. The molecule has 20 heavy (non-hydrogen) atoms. The number of carboxylic acids is 1. The van der Waals surface area contributed by atoms with Crippen LogP contribution in [0.5, 0.6) is 5.75 Å². The third kappa shape index (κ3) is 4.31. The topological polar surface area (TPSA) is 58.6 Å². The van der Waals surface area contributed by atoms with Crippen LogP contribution >= 0.6 is 11.6 Å². The third-order valence-corrected chi connectivity index (χ3v) is 3.32. The molecule has 1 atom stereocenters. The third-order valence-electron chi connectivity index (χ3n) is 3.09. The maximum absolute atomic E-state index is 12.3. The first-order chi connectivity index (χ1) is 9.28. The summed E-state index contributed by atoms with van der Waals surface area (Å²) in [6.07, 6.45) is 0.341. The average molecular weight is 308 g/mol. The van der Waals surface area contributed by atoms with Crippen molar-refractivity contribution < 1.29 is 23.4 Å². The van der Waals surface area contributed by atoms with Crippen molar-refractivity contribution >= 4 is 17.6 Å². The van der Waals surface area contributed by atoms with E-state index in [0.717, 1.165) is 0 Å². The molecule has 0 bridgehead atoms. The maximum Gasteiger partial charge on any atom is 0.387 e. The second-order valence-electron chi connectivity index (χ2n) is 4.47. The van der Waals surface area contributed by atoms with E-state index in [0.29, 0.717) is 17.0 Å².